The van der Waals surface area contributed by atoms with Gasteiger partial charge in [-0.25, -0.2) is 9.97 Å². The Balaban J connectivity index is 1.62. The zero-order valence-electron chi connectivity index (χ0n) is 14.9. The Morgan fingerprint density at radius 1 is 1.31 bits per heavy atom. The zero-order valence-corrected chi connectivity index (χ0v) is 14.9. The van der Waals surface area contributed by atoms with Gasteiger partial charge in [0.15, 0.2) is 0 Å². The number of H-pyrrole nitrogens is 1. The number of aromatic nitrogens is 3. The fourth-order valence-electron chi connectivity index (χ4n) is 3.24. The number of aromatic amines is 1. The number of imidazole rings is 1. The van der Waals surface area contributed by atoms with Crippen LogP contribution in [-0.2, 0) is 9.53 Å². The molecule has 2 aliphatic heterocycles. The number of carbonyl (C=O) groups is 1. The van der Waals surface area contributed by atoms with Gasteiger partial charge in [0.1, 0.15) is 11.5 Å². The molecule has 2 N–H and O–H groups in total. The number of amides is 1. The second-order valence-electron chi connectivity index (χ2n) is 6.83. The molecule has 0 spiro atoms. The molecule has 1 saturated heterocycles. The van der Waals surface area contributed by atoms with Crippen LogP contribution in [0.4, 0.5) is 5.69 Å². The van der Waals surface area contributed by atoms with E-state index >= 15 is 0 Å². The Morgan fingerprint density at radius 2 is 2.12 bits per heavy atom. The standard InChI is InChI=1S/C19H22N4O3/c1-11(2)26-16-4-3-15-17(23-16)14(19(24)22-15)9-13-10-20-18(21-13)12-5-7-25-8-6-12/h3-4,9-12H,5-8H2,1-2H3,(H,20,21)(H,22,24). The van der Waals surface area contributed by atoms with Crippen molar-refractivity contribution in [3.05, 3.63) is 35.5 Å². The molecule has 4 heterocycles. The van der Waals surface area contributed by atoms with Gasteiger partial charge in [0.05, 0.1) is 29.3 Å². The molecule has 0 atom stereocenters. The third-order valence-corrected chi connectivity index (χ3v) is 4.50. The van der Waals surface area contributed by atoms with Crippen LogP contribution in [0.1, 0.15) is 49.8 Å². The van der Waals surface area contributed by atoms with Crippen molar-refractivity contribution in [2.45, 2.75) is 38.7 Å². The number of pyridine rings is 1. The van der Waals surface area contributed by atoms with Gasteiger partial charge in [0.25, 0.3) is 5.91 Å². The number of carbonyl (C=O) groups excluding carboxylic acids is 1. The topological polar surface area (TPSA) is 89.1 Å². The summed E-state index contributed by atoms with van der Waals surface area (Å²) in [7, 11) is 0. The van der Waals surface area contributed by atoms with E-state index in [2.05, 4.69) is 20.3 Å². The molecule has 136 valence electrons. The van der Waals surface area contributed by atoms with Crippen LogP contribution in [0, 0.1) is 0 Å². The fraction of sp³-hybridized carbons (Fsp3) is 0.421. The molecule has 4 rings (SSSR count). The summed E-state index contributed by atoms with van der Waals surface area (Å²) in [6.07, 6.45) is 5.50. The third-order valence-electron chi connectivity index (χ3n) is 4.50. The van der Waals surface area contributed by atoms with E-state index in [0.717, 1.165) is 37.6 Å². The summed E-state index contributed by atoms with van der Waals surface area (Å²) in [4.78, 5) is 24.7. The van der Waals surface area contributed by atoms with E-state index in [1.807, 2.05) is 19.9 Å². The first-order valence-corrected chi connectivity index (χ1v) is 8.94. The van der Waals surface area contributed by atoms with Gasteiger partial charge in [0.2, 0.25) is 5.88 Å². The van der Waals surface area contributed by atoms with Gasteiger partial charge in [0, 0.05) is 25.2 Å². The summed E-state index contributed by atoms with van der Waals surface area (Å²) >= 11 is 0. The Hall–Kier alpha value is -2.67. The summed E-state index contributed by atoms with van der Waals surface area (Å²) in [5.74, 6) is 1.67. The minimum Gasteiger partial charge on any atom is -0.475 e. The van der Waals surface area contributed by atoms with Gasteiger partial charge in [-0.15, -0.1) is 0 Å². The van der Waals surface area contributed by atoms with Gasteiger partial charge in [-0.05, 0) is 38.8 Å². The number of hydrogen-bond donors (Lipinski definition) is 2. The monoisotopic (exact) mass is 354 g/mol. The summed E-state index contributed by atoms with van der Waals surface area (Å²) in [5.41, 5.74) is 2.61. The smallest absolute Gasteiger partial charge is 0.258 e. The second kappa shape index (κ2) is 6.92. The number of fused-ring (bicyclic) bond motifs is 1. The SMILES string of the molecule is CC(C)Oc1ccc2c(n1)C(=Cc1cnc(C3CCOCC3)[nH]1)C(=O)N2. The van der Waals surface area contributed by atoms with Crippen LogP contribution in [0.25, 0.3) is 11.6 Å². The van der Waals surface area contributed by atoms with Crippen molar-refractivity contribution in [3.8, 4) is 5.88 Å². The molecule has 0 bridgehead atoms. The summed E-state index contributed by atoms with van der Waals surface area (Å²) in [6, 6.07) is 3.58. The van der Waals surface area contributed by atoms with Crippen LogP contribution < -0.4 is 10.1 Å². The maximum atomic E-state index is 12.4. The Bertz CT molecular complexity index is 850. The molecule has 7 nitrogen and oxygen atoms in total. The molecule has 0 aromatic carbocycles. The number of anilines is 1. The molecule has 2 aromatic rings. The fourth-order valence-corrected chi connectivity index (χ4v) is 3.24. The second-order valence-corrected chi connectivity index (χ2v) is 6.83. The normalized spacial score (nSPS) is 19.0. The van der Waals surface area contributed by atoms with Crippen LogP contribution in [0.5, 0.6) is 5.88 Å². The number of nitrogens with zero attached hydrogens (tertiary/aromatic N) is 2. The third kappa shape index (κ3) is 3.35. The molecule has 2 aromatic heterocycles. The number of nitrogens with one attached hydrogen (secondary N) is 2. The Kier molecular flexibility index (Phi) is 4.46. The van der Waals surface area contributed by atoms with E-state index in [9.17, 15) is 4.79 Å². The predicted molar refractivity (Wildman–Crippen MR) is 97.9 cm³/mol. The van der Waals surface area contributed by atoms with Gasteiger partial charge < -0.3 is 19.8 Å². The molecule has 0 unspecified atom stereocenters. The van der Waals surface area contributed by atoms with Crippen molar-refractivity contribution < 1.29 is 14.3 Å². The van der Waals surface area contributed by atoms with Crippen molar-refractivity contribution in [1.82, 2.24) is 15.0 Å². The molecule has 2 aliphatic rings. The average molecular weight is 354 g/mol. The average Bonchev–Trinajstić information content (AvgIpc) is 3.21. The highest BCUT2D eigenvalue weighted by Crippen LogP contribution is 2.33. The van der Waals surface area contributed by atoms with Gasteiger partial charge >= 0.3 is 0 Å². The van der Waals surface area contributed by atoms with E-state index in [1.54, 1.807) is 18.3 Å². The largest absolute Gasteiger partial charge is 0.475 e. The van der Waals surface area contributed by atoms with E-state index in [-0.39, 0.29) is 12.0 Å². The van der Waals surface area contributed by atoms with Crippen molar-refractivity contribution in [2.24, 2.45) is 0 Å². The highest BCUT2D eigenvalue weighted by Gasteiger charge is 2.27. The summed E-state index contributed by atoms with van der Waals surface area (Å²) in [6.45, 7) is 5.41. The maximum absolute atomic E-state index is 12.4. The van der Waals surface area contributed by atoms with Crippen molar-refractivity contribution >= 4 is 23.2 Å². The molecular formula is C19H22N4O3. The molecule has 0 saturated carbocycles. The lowest BCUT2D eigenvalue weighted by Crippen LogP contribution is -2.15. The number of hydrogen-bond acceptors (Lipinski definition) is 5. The molecule has 0 aliphatic carbocycles. The lowest BCUT2D eigenvalue weighted by Gasteiger charge is -2.19. The molecule has 7 heteroatoms. The van der Waals surface area contributed by atoms with Crippen LogP contribution in [-0.4, -0.2) is 40.2 Å². The van der Waals surface area contributed by atoms with Crippen molar-refractivity contribution in [3.63, 3.8) is 0 Å². The highest BCUT2D eigenvalue weighted by molar-refractivity contribution is 6.34. The summed E-state index contributed by atoms with van der Waals surface area (Å²) < 4.78 is 11.0. The van der Waals surface area contributed by atoms with Crippen LogP contribution in [0.3, 0.4) is 0 Å². The summed E-state index contributed by atoms with van der Waals surface area (Å²) in [5, 5.41) is 2.84. The van der Waals surface area contributed by atoms with Gasteiger partial charge in [-0.1, -0.05) is 0 Å². The maximum Gasteiger partial charge on any atom is 0.258 e. The number of rotatable bonds is 4. The van der Waals surface area contributed by atoms with E-state index in [1.165, 1.54) is 0 Å². The van der Waals surface area contributed by atoms with E-state index in [4.69, 9.17) is 9.47 Å². The Morgan fingerprint density at radius 3 is 2.88 bits per heavy atom. The van der Waals surface area contributed by atoms with Crippen LogP contribution >= 0.6 is 0 Å². The lowest BCUT2D eigenvalue weighted by molar-refractivity contribution is -0.110. The zero-order chi connectivity index (χ0) is 18.1. The lowest BCUT2D eigenvalue weighted by atomic mass is 10.00. The number of ether oxygens (including phenoxy) is 2. The predicted octanol–water partition coefficient (Wildman–Crippen LogP) is 2.98. The molecule has 1 fully saturated rings. The van der Waals surface area contributed by atoms with Crippen LogP contribution in [0.2, 0.25) is 0 Å². The minimum atomic E-state index is -0.170. The van der Waals surface area contributed by atoms with Gasteiger partial charge in [-0.3, -0.25) is 4.79 Å². The van der Waals surface area contributed by atoms with Crippen LogP contribution in [0.15, 0.2) is 18.3 Å². The van der Waals surface area contributed by atoms with Crippen molar-refractivity contribution in [2.75, 3.05) is 18.5 Å². The molecule has 1 amide bonds. The first-order valence-electron chi connectivity index (χ1n) is 8.94. The molecule has 26 heavy (non-hydrogen) atoms. The molecular weight excluding hydrogens is 332 g/mol. The van der Waals surface area contributed by atoms with E-state index in [0.29, 0.717) is 28.8 Å². The van der Waals surface area contributed by atoms with E-state index < -0.39 is 0 Å². The van der Waals surface area contributed by atoms with Crippen molar-refractivity contribution in [1.29, 1.82) is 0 Å². The minimum absolute atomic E-state index is 0.0210. The van der Waals surface area contributed by atoms with Gasteiger partial charge in [-0.2, -0.15) is 0 Å². The first kappa shape index (κ1) is 16.8. The first-order chi connectivity index (χ1) is 12.6. The quantitative estimate of drug-likeness (QED) is 0.824. The molecule has 0 radical (unpaired) electrons. The Labute approximate surface area is 151 Å². The highest BCUT2D eigenvalue weighted by atomic mass is 16.5.